The van der Waals surface area contributed by atoms with E-state index in [4.69, 9.17) is 4.74 Å². The van der Waals surface area contributed by atoms with Gasteiger partial charge in [-0.2, -0.15) is 10.4 Å². The van der Waals surface area contributed by atoms with E-state index in [1.54, 1.807) is 54.5 Å². The van der Waals surface area contributed by atoms with Crippen LogP contribution in [0.3, 0.4) is 0 Å². The highest BCUT2D eigenvalue weighted by Gasteiger charge is 2.23. The fourth-order valence-corrected chi connectivity index (χ4v) is 3.92. The quantitative estimate of drug-likeness (QED) is 0.429. The van der Waals surface area contributed by atoms with Crippen molar-refractivity contribution in [2.75, 3.05) is 13.7 Å². The lowest BCUT2D eigenvalue weighted by molar-refractivity contribution is 0.0743. The Morgan fingerprint density at radius 1 is 1.24 bits per heavy atom. The van der Waals surface area contributed by atoms with Gasteiger partial charge in [-0.3, -0.25) is 9.89 Å². The molecule has 0 aliphatic rings. The second-order valence-electron chi connectivity index (χ2n) is 7.72. The van der Waals surface area contributed by atoms with Crippen LogP contribution in [0.15, 0.2) is 60.8 Å². The van der Waals surface area contributed by atoms with Gasteiger partial charge in [-0.15, -0.1) is 0 Å². The molecule has 0 fully saturated rings. The Kier molecular flexibility index (Phi) is 6.09. The van der Waals surface area contributed by atoms with E-state index < -0.39 is 0 Å². The lowest BCUT2D eigenvalue weighted by atomic mass is 9.99. The molecule has 0 aliphatic carbocycles. The van der Waals surface area contributed by atoms with Crippen molar-refractivity contribution in [1.82, 2.24) is 15.1 Å². The van der Waals surface area contributed by atoms with Gasteiger partial charge in [-0.25, -0.2) is 4.39 Å². The molecule has 3 aromatic carbocycles. The first kappa shape index (κ1) is 22.0. The minimum atomic E-state index is -0.337. The number of H-pyrrole nitrogens is 1. The molecular formula is C26H23FN4O2. The van der Waals surface area contributed by atoms with Crippen LogP contribution in [0.1, 0.15) is 41.4 Å². The van der Waals surface area contributed by atoms with Crippen LogP contribution < -0.4 is 4.74 Å². The Morgan fingerprint density at radius 3 is 2.79 bits per heavy atom. The molecule has 7 heteroatoms. The summed E-state index contributed by atoms with van der Waals surface area (Å²) in [7, 11) is 1.73. The molecule has 0 radical (unpaired) electrons. The predicted molar refractivity (Wildman–Crippen MR) is 124 cm³/mol. The number of carbonyl (C=O) groups excluding carboxylic acids is 1. The van der Waals surface area contributed by atoms with E-state index in [0.717, 1.165) is 22.0 Å². The molecule has 166 valence electrons. The zero-order chi connectivity index (χ0) is 23.5. The number of hydrogen-bond acceptors (Lipinski definition) is 4. The molecule has 0 saturated carbocycles. The van der Waals surface area contributed by atoms with Gasteiger partial charge in [0, 0.05) is 29.1 Å². The highest BCUT2D eigenvalue weighted by Crippen LogP contribution is 2.33. The fourth-order valence-electron chi connectivity index (χ4n) is 3.92. The summed E-state index contributed by atoms with van der Waals surface area (Å²) in [6.45, 7) is 4.19. The zero-order valence-electron chi connectivity index (χ0n) is 18.6. The van der Waals surface area contributed by atoms with Crippen molar-refractivity contribution < 1.29 is 13.9 Å². The number of hydrogen-bond donors (Lipinski definition) is 1. The third-order valence-corrected chi connectivity index (χ3v) is 5.78. The van der Waals surface area contributed by atoms with Crippen LogP contribution in [-0.2, 0) is 0 Å². The van der Waals surface area contributed by atoms with Gasteiger partial charge in [0.1, 0.15) is 11.6 Å². The van der Waals surface area contributed by atoms with Gasteiger partial charge in [0.15, 0.2) is 0 Å². The maximum Gasteiger partial charge on any atom is 0.254 e. The summed E-state index contributed by atoms with van der Waals surface area (Å²) in [5.41, 5.74) is 3.98. The number of fused-ring (bicyclic) bond motifs is 1. The molecule has 0 aliphatic heterocycles. The summed E-state index contributed by atoms with van der Waals surface area (Å²) in [5.74, 6) is -0.00759. The van der Waals surface area contributed by atoms with Gasteiger partial charge in [0.05, 0.1) is 36.0 Å². The van der Waals surface area contributed by atoms with Crippen molar-refractivity contribution in [3.8, 4) is 22.9 Å². The summed E-state index contributed by atoms with van der Waals surface area (Å²) >= 11 is 0. The van der Waals surface area contributed by atoms with Crippen molar-refractivity contribution in [2.45, 2.75) is 19.9 Å². The largest absolute Gasteiger partial charge is 0.493 e. The molecule has 1 atom stereocenters. The average molecular weight is 442 g/mol. The van der Waals surface area contributed by atoms with Crippen LogP contribution in [-0.4, -0.2) is 34.7 Å². The highest BCUT2D eigenvalue weighted by atomic mass is 19.1. The van der Waals surface area contributed by atoms with Gasteiger partial charge >= 0.3 is 0 Å². The number of ether oxygens (including phenoxy) is 1. The van der Waals surface area contributed by atoms with Crippen LogP contribution in [0.5, 0.6) is 5.75 Å². The van der Waals surface area contributed by atoms with Crippen molar-refractivity contribution in [1.29, 1.82) is 5.26 Å². The second-order valence-corrected chi connectivity index (χ2v) is 7.72. The standard InChI is InChI=1S/C26H23FN4O2/c1-4-33-24-13-18(8-11-22(24)17-6-5-7-20(27)12-17)26(32)31(3)16(2)21-10-9-19(14-28)23-15-29-30-25(21)23/h5-13,15-16H,4H2,1-3H3,(H,29,30). The summed E-state index contributed by atoms with van der Waals surface area (Å²) in [4.78, 5) is 15.0. The summed E-state index contributed by atoms with van der Waals surface area (Å²) in [5, 5.41) is 17.1. The molecule has 1 aromatic heterocycles. The Bertz CT molecular complexity index is 1370. The van der Waals surface area contributed by atoms with Gasteiger partial charge in [-0.05, 0) is 55.8 Å². The first-order valence-corrected chi connectivity index (χ1v) is 10.6. The average Bonchev–Trinajstić information content (AvgIpc) is 3.32. The lowest BCUT2D eigenvalue weighted by Gasteiger charge is -2.26. The summed E-state index contributed by atoms with van der Waals surface area (Å²) < 4.78 is 19.5. The van der Waals surface area contributed by atoms with Gasteiger partial charge in [-0.1, -0.05) is 18.2 Å². The molecule has 4 aromatic rings. The first-order valence-electron chi connectivity index (χ1n) is 10.6. The SMILES string of the molecule is CCOc1cc(C(=O)N(C)C(C)c2ccc(C#N)c3cn[nH]c23)ccc1-c1cccc(F)c1. The van der Waals surface area contributed by atoms with Crippen LogP contribution >= 0.6 is 0 Å². The van der Waals surface area contributed by atoms with E-state index in [1.165, 1.54) is 12.1 Å². The molecular weight excluding hydrogens is 419 g/mol. The van der Waals surface area contributed by atoms with E-state index in [2.05, 4.69) is 16.3 Å². The number of nitrogens with one attached hydrogen (secondary N) is 1. The predicted octanol–water partition coefficient (Wildman–Crippen LogP) is 5.47. The van der Waals surface area contributed by atoms with Crippen LogP contribution in [0, 0.1) is 17.1 Å². The van der Waals surface area contributed by atoms with Crippen molar-refractivity contribution >= 4 is 16.8 Å². The number of nitriles is 1. The van der Waals surface area contributed by atoms with Gasteiger partial charge in [0.2, 0.25) is 0 Å². The van der Waals surface area contributed by atoms with E-state index in [1.807, 2.05) is 19.9 Å². The van der Waals surface area contributed by atoms with Crippen LogP contribution in [0.2, 0.25) is 0 Å². The highest BCUT2D eigenvalue weighted by molar-refractivity contribution is 5.96. The molecule has 0 saturated heterocycles. The van der Waals surface area contributed by atoms with E-state index in [9.17, 15) is 14.4 Å². The monoisotopic (exact) mass is 442 g/mol. The molecule has 0 spiro atoms. The Balaban J connectivity index is 1.67. The fraction of sp³-hybridized carbons (Fsp3) is 0.192. The minimum absolute atomic E-state index is 0.189. The topological polar surface area (TPSA) is 82.0 Å². The van der Waals surface area contributed by atoms with E-state index in [-0.39, 0.29) is 17.8 Å². The number of nitrogens with zero attached hydrogens (tertiary/aromatic N) is 3. The molecule has 6 nitrogen and oxygen atoms in total. The molecule has 4 rings (SSSR count). The molecule has 33 heavy (non-hydrogen) atoms. The second kappa shape index (κ2) is 9.13. The van der Waals surface area contributed by atoms with Crippen molar-refractivity contribution in [3.05, 3.63) is 83.3 Å². The molecule has 1 unspecified atom stereocenters. The maximum absolute atomic E-state index is 13.7. The Morgan fingerprint density at radius 2 is 2.06 bits per heavy atom. The number of rotatable bonds is 6. The number of halogens is 1. The van der Waals surface area contributed by atoms with E-state index in [0.29, 0.717) is 29.0 Å². The van der Waals surface area contributed by atoms with Gasteiger partial charge in [0.25, 0.3) is 5.91 Å². The van der Waals surface area contributed by atoms with Gasteiger partial charge < -0.3 is 9.64 Å². The van der Waals surface area contributed by atoms with Crippen LogP contribution in [0.25, 0.3) is 22.0 Å². The Labute approximate surface area is 191 Å². The Hall–Kier alpha value is -4.18. The number of benzene rings is 3. The zero-order valence-corrected chi connectivity index (χ0v) is 18.6. The molecule has 0 bridgehead atoms. The molecule has 1 N–H and O–H groups in total. The van der Waals surface area contributed by atoms with Crippen LogP contribution in [0.4, 0.5) is 4.39 Å². The number of aromatic amines is 1. The number of carbonyl (C=O) groups is 1. The summed E-state index contributed by atoms with van der Waals surface area (Å²) in [6, 6.07) is 16.9. The third kappa shape index (κ3) is 4.15. The molecule has 1 heterocycles. The van der Waals surface area contributed by atoms with Crippen molar-refractivity contribution in [2.24, 2.45) is 0 Å². The number of aromatic nitrogens is 2. The maximum atomic E-state index is 13.7. The smallest absolute Gasteiger partial charge is 0.254 e. The first-order chi connectivity index (χ1) is 15.9. The normalized spacial score (nSPS) is 11.7. The third-order valence-electron chi connectivity index (χ3n) is 5.78. The summed E-state index contributed by atoms with van der Waals surface area (Å²) in [6.07, 6.45) is 1.62. The molecule has 1 amide bonds. The number of amides is 1. The minimum Gasteiger partial charge on any atom is -0.493 e. The van der Waals surface area contributed by atoms with E-state index >= 15 is 0 Å². The van der Waals surface area contributed by atoms with Crippen molar-refractivity contribution in [3.63, 3.8) is 0 Å². The lowest BCUT2D eigenvalue weighted by Crippen LogP contribution is -2.29.